The quantitative estimate of drug-likeness (QED) is 0.782. The summed E-state index contributed by atoms with van der Waals surface area (Å²) >= 11 is 0. The number of aryl methyl sites for hydroxylation is 1. The summed E-state index contributed by atoms with van der Waals surface area (Å²) in [5.74, 6) is 6.57. The first-order valence-corrected chi connectivity index (χ1v) is 8.84. The fourth-order valence-electron chi connectivity index (χ4n) is 1.77. The third-order valence-electron chi connectivity index (χ3n) is 2.76. The average molecular weight is 310 g/mol. The summed E-state index contributed by atoms with van der Waals surface area (Å²) in [5.41, 5.74) is 1.77. The first kappa shape index (κ1) is 17.5. The largest absolute Gasteiger partial charge is 0.491 e. The van der Waals surface area contributed by atoms with Gasteiger partial charge in [-0.15, -0.1) is 0 Å². The number of benzene rings is 1. The highest BCUT2D eigenvalue weighted by Gasteiger charge is 2.10. The molecule has 0 heterocycles. The summed E-state index contributed by atoms with van der Waals surface area (Å²) < 4.78 is 28.8. The van der Waals surface area contributed by atoms with Gasteiger partial charge in [0.05, 0.1) is 23.7 Å². The minimum atomic E-state index is -3.04. The maximum absolute atomic E-state index is 11.6. The highest BCUT2D eigenvalue weighted by molar-refractivity contribution is 7.91. The van der Waals surface area contributed by atoms with Crippen LogP contribution in [0.1, 0.15) is 30.9 Å². The lowest BCUT2D eigenvalue weighted by Crippen LogP contribution is -2.17. The Balaban J connectivity index is 2.73. The van der Waals surface area contributed by atoms with Crippen LogP contribution in [0.15, 0.2) is 18.2 Å². The second-order valence-electron chi connectivity index (χ2n) is 4.78. The summed E-state index contributed by atoms with van der Waals surface area (Å²) in [6, 6.07) is 5.58. The van der Waals surface area contributed by atoms with E-state index in [-0.39, 0.29) is 24.7 Å². The van der Waals surface area contributed by atoms with E-state index >= 15 is 0 Å². The number of rotatable bonds is 7. The van der Waals surface area contributed by atoms with Gasteiger partial charge in [0.25, 0.3) is 0 Å². The van der Waals surface area contributed by atoms with Gasteiger partial charge in [0.15, 0.2) is 9.84 Å². The zero-order valence-corrected chi connectivity index (χ0v) is 13.4. The number of ether oxygens (including phenoxy) is 1. The predicted molar refractivity (Wildman–Crippen MR) is 84.2 cm³/mol. The molecule has 0 fully saturated rings. The van der Waals surface area contributed by atoms with Gasteiger partial charge in [-0.3, -0.25) is 0 Å². The Morgan fingerprint density at radius 1 is 1.29 bits per heavy atom. The van der Waals surface area contributed by atoms with Crippen LogP contribution >= 0.6 is 0 Å². The highest BCUT2D eigenvalue weighted by atomic mass is 32.2. The van der Waals surface area contributed by atoms with E-state index in [0.29, 0.717) is 18.6 Å². The number of hydrogen-bond donors (Lipinski definition) is 1. The van der Waals surface area contributed by atoms with Crippen LogP contribution in [0.3, 0.4) is 0 Å². The van der Waals surface area contributed by atoms with E-state index in [1.165, 1.54) is 0 Å². The van der Waals surface area contributed by atoms with E-state index in [0.717, 1.165) is 11.1 Å². The molecule has 1 rings (SSSR count). The molecule has 21 heavy (non-hydrogen) atoms. The van der Waals surface area contributed by atoms with Gasteiger partial charge in [-0.1, -0.05) is 24.8 Å². The number of aliphatic hydroxyl groups excluding tert-OH is 1. The standard InChI is InChI=1S/C16H22O4S/c1-3-11-21(18,19)12-10-20-16-8-7-14(2)13-15(16)6-4-5-9-17/h7-8,13,17H,3,5,9-12H2,1-2H3. The molecule has 1 aromatic rings. The van der Waals surface area contributed by atoms with Gasteiger partial charge in [0.2, 0.25) is 0 Å². The fraction of sp³-hybridized carbons (Fsp3) is 0.500. The van der Waals surface area contributed by atoms with Gasteiger partial charge in [-0.25, -0.2) is 8.42 Å². The van der Waals surface area contributed by atoms with Crippen LogP contribution in [0.5, 0.6) is 5.75 Å². The molecule has 0 unspecified atom stereocenters. The zero-order chi connectivity index (χ0) is 15.7. The Morgan fingerprint density at radius 2 is 2.05 bits per heavy atom. The van der Waals surface area contributed by atoms with E-state index in [1.54, 1.807) is 6.07 Å². The Labute approximate surface area is 127 Å². The SMILES string of the molecule is CCCS(=O)(=O)CCOc1ccc(C)cc1C#CCCO. The molecular formula is C16H22O4S. The van der Waals surface area contributed by atoms with Crippen molar-refractivity contribution < 1.29 is 18.3 Å². The minimum absolute atomic E-state index is 0.0121. The Morgan fingerprint density at radius 3 is 2.71 bits per heavy atom. The Bertz CT molecular complexity index is 609. The minimum Gasteiger partial charge on any atom is -0.491 e. The zero-order valence-electron chi connectivity index (χ0n) is 12.6. The van der Waals surface area contributed by atoms with Crippen molar-refractivity contribution in [3.05, 3.63) is 29.3 Å². The molecule has 0 bridgehead atoms. The summed E-state index contributed by atoms with van der Waals surface area (Å²) in [6.45, 7) is 3.93. The molecule has 1 aromatic carbocycles. The Kier molecular flexibility index (Phi) is 7.27. The molecule has 0 atom stereocenters. The van der Waals surface area contributed by atoms with E-state index in [4.69, 9.17) is 9.84 Å². The molecule has 5 heteroatoms. The molecule has 0 spiro atoms. The van der Waals surface area contributed by atoms with Crippen molar-refractivity contribution in [2.75, 3.05) is 24.7 Å². The maximum Gasteiger partial charge on any atom is 0.153 e. The number of aliphatic hydroxyl groups is 1. The van der Waals surface area contributed by atoms with E-state index < -0.39 is 9.84 Å². The van der Waals surface area contributed by atoms with Gasteiger partial charge < -0.3 is 9.84 Å². The first-order chi connectivity index (χ1) is 9.98. The molecule has 4 nitrogen and oxygen atoms in total. The monoisotopic (exact) mass is 310 g/mol. The van der Waals surface area contributed by atoms with Crippen LogP contribution in [0.2, 0.25) is 0 Å². The summed E-state index contributed by atoms with van der Waals surface area (Å²) in [4.78, 5) is 0. The van der Waals surface area contributed by atoms with Crippen molar-refractivity contribution in [2.45, 2.75) is 26.7 Å². The predicted octanol–water partition coefficient (Wildman–Crippen LogP) is 1.93. The van der Waals surface area contributed by atoms with E-state index in [9.17, 15) is 8.42 Å². The third-order valence-corrected chi connectivity index (χ3v) is 4.58. The number of sulfone groups is 1. The van der Waals surface area contributed by atoms with Gasteiger partial charge >= 0.3 is 0 Å². The van der Waals surface area contributed by atoms with Gasteiger partial charge in [-0.05, 0) is 31.0 Å². The van der Waals surface area contributed by atoms with Gasteiger partial charge in [0, 0.05) is 6.42 Å². The van der Waals surface area contributed by atoms with Crippen LogP contribution < -0.4 is 4.74 Å². The van der Waals surface area contributed by atoms with Crippen LogP contribution in [-0.2, 0) is 9.84 Å². The molecule has 0 radical (unpaired) electrons. The first-order valence-electron chi connectivity index (χ1n) is 7.02. The second-order valence-corrected chi connectivity index (χ2v) is 7.08. The van der Waals surface area contributed by atoms with Crippen LogP contribution in [-0.4, -0.2) is 38.2 Å². The summed E-state index contributed by atoms with van der Waals surface area (Å²) in [5, 5.41) is 8.75. The van der Waals surface area contributed by atoms with Crippen LogP contribution in [0, 0.1) is 18.8 Å². The molecule has 0 amide bonds. The molecule has 0 aliphatic heterocycles. The summed E-state index contributed by atoms with van der Waals surface area (Å²) in [7, 11) is -3.04. The smallest absolute Gasteiger partial charge is 0.153 e. The van der Waals surface area contributed by atoms with Gasteiger partial charge in [-0.2, -0.15) is 0 Å². The highest BCUT2D eigenvalue weighted by Crippen LogP contribution is 2.19. The molecule has 1 N–H and O–H groups in total. The van der Waals surface area contributed by atoms with Crippen molar-refractivity contribution >= 4 is 9.84 Å². The van der Waals surface area contributed by atoms with Crippen LogP contribution in [0.4, 0.5) is 0 Å². The second kappa shape index (κ2) is 8.71. The molecule has 116 valence electrons. The molecule has 0 aliphatic rings. The molecule has 0 aromatic heterocycles. The molecule has 0 saturated heterocycles. The lowest BCUT2D eigenvalue weighted by molar-refractivity contribution is 0.305. The molecule has 0 aliphatic carbocycles. The van der Waals surface area contributed by atoms with Gasteiger partial charge in [0.1, 0.15) is 12.4 Å². The number of hydrogen-bond acceptors (Lipinski definition) is 4. The van der Waals surface area contributed by atoms with E-state index in [2.05, 4.69) is 11.8 Å². The van der Waals surface area contributed by atoms with Crippen molar-refractivity contribution in [2.24, 2.45) is 0 Å². The average Bonchev–Trinajstić information content (AvgIpc) is 2.41. The van der Waals surface area contributed by atoms with Crippen molar-refractivity contribution in [3.8, 4) is 17.6 Å². The van der Waals surface area contributed by atoms with Crippen molar-refractivity contribution in [1.29, 1.82) is 0 Å². The lowest BCUT2D eigenvalue weighted by atomic mass is 10.1. The lowest BCUT2D eigenvalue weighted by Gasteiger charge is -2.09. The Hall–Kier alpha value is -1.51. The summed E-state index contributed by atoms with van der Waals surface area (Å²) in [6.07, 6.45) is 1.02. The van der Waals surface area contributed by atoms with Crippen molar-refractivity contribution in [1.82, 2.24) is 0 Å². The van der Waals surface area contributed by atoms with E-state index in [1.807, 2.05) is 26.0 Å². The normalized spacial score (nSPS) is 10.8. The van der Waals surface area contributed by atoms with Crippen molar-refractivity contribution in [3.63, 3.8) is 0 Å². The van der Waals surface area contributed by atoms with Crippen LogP contribution in [0.25, 0.3) is 0 Å². The molecule has 0 saturated carbocycles. The third kappa shape index (κ3) is 6.65. The topological polar surface area (TPSA) is 63.6 Å². The molecular weight excluding hydrogens is 288 g/mol. The maximum atomic E-state index is 11.6. The fourth-order valence-corrected chi connectivity index (χ4v) is 2.94.